The Balaban J connectivity index is 1.88. The Bertz CT molecular complexity index is 721. The normalized spacial score (nSPS) is 10.7. The summed E-state index contributed by atoms with van der Waals surface area (Å²) in [5, 5.41) is 13.2. The lowest BCUT2D eigenvalue weighted by molar-refractivity contribution is -0.123. The van der Waals surface area contributed by atoms with E-state index in [1.807, 2.05) is 26.0 Å². The van der Waals surface area contributed by atoms with E-state index in [0.29, 0.717) is 11.3 Å². The number of phenols is 1. The van der Waals surface area contributed by atoms with E-state index in [0.717, 1.165) is 15.6 Å². The highest BCUT2D eigenvalue weighted by molar-refractivity contribution is 9.10. The van der Waals surface area contributed by atoms with Crippen LogP contribution in [0.3, 0.4) is 0 Å². The Hall–Kier alpha value is -2.34. The molecule has 1 amide bonds. The molecule has 0 aliphatic rings. The second-order valence-electron chi connectivity index (χ2n) is 5.07. The van der Waals surface area contributed by atoms with Crippen LogP contribution in [0.2, 0.25) is 0 Å². The van der Waals surface area contributed by atoms with Crippen LogP contribution in [0.25, 0.3) is 0 Å². The molecule has 2 rings (SSSR count). The van der Waals surface area contributed by atoms with Crippen molar-refractivity contribution in [2.24, 2.45) is 5.10 Å². The standard InChI is InChI=1S/C17H17BrN2O3/c1-11-6-12(2)17(15(18)7-11)23-10-16(22)20-19-9-13-4-3-5-14(21)8-13/h3-9,21H,10H2,1-2H3,(H,20,22)/b19-9+. The summed E-state index contributed by atoms with van der Waals surface area (Å²) in [6.07, 6.45) is 1.45. The monoisotopic (exact) mass is 376 g/mol. The Morgan fingerprint density at radius 3 is 2.83 bits per heavy atom. The zero-order valence-corrected chi connectivity index (χ0v) is 14.4. The van der Waals surface area contributed by atoms with E-state index in [9.17, 15) is 9.90 Å². The summed E-state index contributed by atoms with van der Waals surface area (Å²) >= 11 is 3.43. The van der Waals surface area contributed by atoms with E-state index in [-0.39, 0.29) is 18.3 Å². The number of rotatable bonds is 5. The molecule has 0 aliphatic carbocycles. The number of carbonyl (C=O) groups is 1. The Morgan fingerprint density at radius 1 is 1.35 bits per heavy atom. The zero-order valence-electron chi connectivity index (χ0n) is 12.8. The number of aromatic hydroxyl groups is 1. The highest BCUT2D eigenvalue weighted by atomic mass is 79.9. The summed E-state index contributed by atoms with van der Waals surface area (Å²) in [5.74, 6) is 0.416. The predicted octanol–water partition coefficient (Wildman–Crippen LogP) is 3.30. The predicted molar refractivity (Wildman–Crippen MR) is 93.0 cm³/mol. The maximum Gasteiger partial charge on any atom is 0.277 e. The van der Waals surface area contributed by atoms with E-state index in [1.54, 1.807) is 24.3 Å². The van der Waals surface area contributed by atoms with Crippen molar-refractivity contribution in [2.45, 2.75) is 13.8 Å². The van der Waals surface area contributed by atoms with E-state index in [2.05, 4.69) is 26.5 Å². The number of hydrazone groups is 1. The van der Waals surface area contributed by atoms with Gasteiger partial charge in [0.1, 0.15) is 11.5 Å². The molecule has 0 saturated carbocycles. The van der Waals surface area contributed by atoms with Gasteiger partial charge in [0.25, 0.3) is 5.91 Å². The molecule has 2 aromatic carbocycles. The minimum Gasteiger partial charge on any atom is -0.508 e. The minimum atomic E-state index is -0.367. The van der Waals surface area contributed by atoms with Crippen LogP contribution < -0.4 is 10.2 Å². The first kappa shape index (κ1) is 17.0. The zero-order chi connectivity index (χ0) is 16.8. The van der Waals surface area contributed by atoms with Gasteiger partial charge in [-0.1, -0.05) is 18.2 Å². The van der Waals surface area contributed by atoms with Gasteiger partial charge in [0.05, 0.1) is 10.7 Å². The molecule has 0 heterocycles. The summed E-state index contributed by atoms with van der Waals surface area (Å²) in [5.41, 5.74) is 5.13. The van der Waals surface area contributed by atoms with Crippen molar-refractivity contribution in [3.8, 4) is 11.5 Å². The second kappa shape index (κ2) is 7.78. The van der Waals surface area contributed by atoms with E-state index >= 15 is 0 Å². The molecule has 2 aromatic rings. The average Bonchev–Trinajstić information content (AvgIpc) is 2.46. The number of carbonyl (C=O) groups excluding carboxylic acids is 1. The maximum absolute atomic E-state index is 11.7. The average molecular weight is 377 g/mol. The van der Waals surface area contributed by atoms with Gasteiger partial charge < -0.3 is 9.84 Å². The van der Waals surface area contributed by atoms with Gasteiger partial charge >= 0.3 is 0 Å². The van der Waals surface area contributed by atoms with Crippen LogP contribution in [0.4, 0.5) is 0 Å². The molecule has 23 heavy (non-hydrogen) atoms. The fraction of sp³-hybridized carbons (Fsp3) is 0.176. The summed E-state index contributed by atoms with van der Waals surface area (Å²) in [6, 6.07) is 10.5. The lowest BCUT2D eigenvalue weighted by atomic mass is 10.1. The fourth-order valence-electron chi connectivity index (χ4n) is 2.04. The summed E-state index contributed by atoms with van der Waals surface area (Å²) in [4.78, 5) is 11.7. The fourth-order valence-corrected chi connectivity index (χ4v) is 2.83. The topological polar surface area (TPSA) is 70.9 Å². The molecular weight excluding hydrogens is 360 g/mol. The number of ether oxygens (including phenoxy) is 1. The summed E-state index contributed by atoms with van der Waals surface area (Å²) in [6.45, 7) is 3.77. The number of halogens is 1. The summed E-state index contributed by atoms with van der Waals surface area (Å²) < 4.78 is 6.34. The molecule has 0 aliphatic heterocycles. The Labute approximate surface area is 143 Å². The maximum atomic E-state index is 11.7. The van der Waals surface area contributed by atoms with Gasteiger partial charge in [-0.3, -0.25) is 4.79 Å². The van der Waals surface area contributed by atoms with Crippen LogP contribution >= 0.6 is 15.9 Å². The molecule has 0 radical (unpaired) electrons. The SMILES string of the molecule is Cc1cc(C)c(OCC(=O)N/N=C/c2cccc(O)c2)c(Br)c1. The Morgan fingerprint density at radius 2 is 2.13 bits per heavy atom. The number of hydrogen-bond acceptors (Lipinski definition) is 4. The van der Waals surface area contributed by atoms with Crippen LogP contribution in [0.1, 0.15) is 16.7 Å². The number of hydrogen-bond donors (Lipinski definition) is 2. The molecule has 0 unspecified atom stereocenters. The van der Waals surface area contributed by atoms with Crippen molar-refractivity contribution < 1.29 is 14.6 Å². The van der Waals surface area contributed by atoms with Crippen LogP contribution in [-0.4, -0.2) is 23.8 Å². The van der Waals surface area contributed by atoms with Crippen molar-refractivity contribution in [3.05, 3.63) is 57.6 Å². The third-order valence-electron chi connectivity index (χ3n) is 2.99. The quantitative estimate of drug-likeness (QED) is 0.621. The van der Waals surface area contributed by atoms with Crippen molar-refractivity contribution >= 4 is 28.1 Å². The minimum absolute atomic E-state index is 0.139. The number of phenolic OH excluding ortho intramolecular Hbond substituents is 1. The molecule has 0 fully saturated rings. The van der Waals surface area contributed by atoms with Crippen molar-refractivity contribution in [2.75, 3.05) is 6.61 Å². The van der Waals surface area contributed by atoms with Crippen molar-refractivity contribution in [3.63, 3.8) is 0 Å². The molecule has 0 saturated heterocycles. The third kappa shape index (κ3) is 5.10. The lowest BCUT2D eigenvalue weighted by Crippen LogP contribution is -2.24. The molecule has 6 heteroatoms. The first-order valence-electron chi connectivity index (χ1n) is 6.96. The molecule has 0 atom stereocenters. The third-order valence-corrected chi connectivity index (χ3v) is 3.58. The van der Waals surface area contributed by atoms with E-state index in [1.165, 1.54) is 6.21 Å². The number of benzene rings is 2. The first-order chi connectivity index (χ1) is 11.0. The second-order valence-corrected chi connectivity index (χ2v) is 5.92. The molecule has 0 aromatic heterocycles. The number of nitrogens with one attached hydrogen (secondary N) is 1. The van der Waals surface area contributed by atoms with Gasteiger partial charge in [-0.05, 0) is 64.7 Å². The largest absolute Gasteiger partial charge is 0.508 e. The molecular formula is C17H17BrN2O3. The first-order valence-corrected chi connectivity index (χ1v) is 7.75. The number of amides is 1. The molecule has 0 bridgehead atoms. The van der Waals surface area contributed by atoms with Crippen LogP contribution in [0.15, 0.2) is 46.0 Å². The van der Waals surface area contributed by atoms with Crippen molar-refractivity contribution in [1.82, 2.24) is 5.43 Å². The van der Waals surface area contributed by atoms with Crippen LogP contribution in [-0.2, 0) is 4.79 Å². The summed E-state index contributed by atoms with van der Waals surface area (Å²) in [7, 11) is 0. The van der Waals surface area contributed by atoms with Gasteiger partial charge in [0, 0.05) is 0 Å². The molecule has 0 spiro atoms. The van der Waals surface area contributed by atoms with Crippen molar-refractivity contribution in [1.29, 1.82) is 0 Å². The van der Waals surface area contributed by atoms with Gasteiger partial charge in [0.2, 0.25) is 0 Å². The van der Waals surface area contributed by atoms with Gasteiger partial charge in [-0.15, -0.1) is 0 Å². The molecule has 120 valence electrons. The highest BCUT2D eigenvalue weighted by Crippen LogP contribution is 2.30. The van der Waals surface area contributed by atoms with Crippen LogP contribution in [0.5, 0.6) is 11.5 Å². The van der Waals surface area contributed by atoms with Gasteiger partial charge in [0.15, 0.2) is 6.61 Å². The molecule has 2 N–H and O–H groups in total. The highest BCUT2D eigenvalue weighted by Gasteiger charge is 2.08. The van der Waals surface area contributed by atoms with E-state index in [4.69, 9.17) is 4.74 Å². The Kier molecular flexibility index (Phi) is 5.76. The van der Waals surface area contributed by atoms with Gasteiger partial charge in [-0.25, -0.2) is 5.43 Å². The van der Waals surface area contributed by atoms with E-state index < -0.39 is 0 Å². The van der Waals surface area contributed by atoms with Gasteiger partial charge in [-0.2, -0.15) is 5.10 Å². The number of aryl methyl sites for hydroxylation is 2. The smallest absolute Gasteiger partial charge is 0.277 e. The molecule has 5 nitrogen and oxygen atoms in total. The number of nitrogens with zero attached hydrogens (tertiary/aromatic N) is 1. The van der Waals surface area contributed by atoms with Crippen LogP contribution in [0, 0.1) is 13.8 Å². The lowest BCUT2D eigenvalue weighted by Gasteiger charge is -2.11.